The molecule has 3 rings (SSSR count). The number of primary sulfonamides is 1. The summed E-state index contributed by atoms with van der Waals surface area (Å²) in [5.41, 5.74) is 2.89. The second-order valence-electron chi connectivity index (χ2n) is 5.59. The Morgan fingerprint density at radius 2 is 1.28 bits per heavy atom. The highest BCUT2D eigenvalue weighted by atomic mass is 32.2. The molecule has 0 aliphatic rings. The van der Waals surface area contributed by atoms with Crippen molar-refractivity contribution in [2.45, 2.75) is 4.90 Å². The van der Waals surface area contributed by atoms with Crippen molar-refractivity contribution < 1.29 is 8.42 Å². The summed E-state index contributed by atoms with van der Waals surface area (Å²) in [5.74, 6) is 5.18. The number of nitrogens with two attached hydrogens (primary N) is 2. The lowest BCUT2D eigenvalue weighted by atomic mass is 10.0. The molecular weight excluding hydrogens is 334 g/mol. The summed E-state index contributed by atoms with van der Waals surface area (Å²) < 4.78 is 22.5. The predicted molar refractivity (Wildman–Crippen MR) is 102 cm³/mol. The lowest BCUT2D eigenvalue weighted by molar-refractivity contribution is 0.598. The Morgan fingerprint density at radius 1 is 0.760 bits per heavy atom. The number of sulfonamides is 1. The molecule has 3 aromatic rings. The van der Waals surface area contributed by atoms with E-state index in [1.807, 2.05) is 42.5 Å². The fourth-order valence-electron chi connectivity index (χ4n) is 2.51. The molecule has 0 atom stereocenters. The molecule has 0 amide bonds. The van der Waals surface area contributed by atoms with Crippen molar-refractivity contribution in [2.75, 3.05) is 0 Å². The van der Waals surface area contributed by atoms with Crippen LogP contribution in [0.3, 0.4) is 0 Å². The van der Waals surface area contributed by atoms with E-state index < -0.39 is 10.0 Å². The molecule has 0 spiro atoms. The molecule has 4 N–H and O–H groups in total. The molecule has 0 aliphatic heterocycles. The number of benzene rings is 3. The van der Waals surface area contributed by atoms with Crippen molar-refractivity contribution in [2.24, 2.45) is 16.1 Å². The van der Waals surface area contributed by atoms with E-state index in [-0.39, 0.29) is 4.90 Å². The molecule has 0 fully saturated rings. The quantitative estimate of drug-likeness (QED) is 0.327. The zero-order chi connectivity index (χ0) is 17.9. The van der Waals surface area contributed by atoms with E-state index in [1.165, 1.54) is 12.1 Å². The number of hydrazone groups is 1. The average Bonchev–Trinajstić information content (AvgIpc) is 2.60. The Kier molecular flexibility index (Phi) is 4.65. The van der Waals surface area contributed by atoms with E-state index >= 15 is 0 Å². The van der Waals surface area contributed by atoms with Gasteiger partial charge >= 0.3 is 0 Å². The predicted octanol–water partition coefficient (Wildman–Crippen LogP) is 2.95. The molecule has 25 heavy (non-hydrogen) atoms. The second-order valence-corrected chi connectivity index (χ2v) is 7.15. The largest absolute Gasteiger partial charge is 0.323 e. The summed E-state index contributed by atoms with van der Waals surface area (Å²) in [4.78, 5) is 0.104. The van der Waals surface area contributed by atoms with E-state index in [4.69, 9.17) is 11.0 Å². The summed E-state index contributed by atoms with van der Waals surface area (Å²) in [6.45, 7) is 0. The van der Waals surface area contributed by atoms with Gasteiger partial charge < -0.3 is 5.84 Å². The molecule has 0 saturated heterocycles. The minimum Gasteiger partial charge on any atom is -0.323 e. The van der Waals surface area contributed by atoms with Crippen molar-refractivity contribution in [1.82, 2.24) is 0 Å². The first-order chi connectivity index (χ1) is 12.0. The lowest BCUT2D eigenvalue weighted by Crippen LogP contribution is -2.11. The molecule has 3 aromatic carbocycles. The molecule has 0 aromatic heterocycles. The Bertz CT molecular complexity index is 1070. The van der Waals surface area contributed by atoms with E-state index in [9.17, 15) is 8.42 Å². The summed E-state index contributed by atoms with van der Waals surface area (Å²) >= 11 is 0. The molecule has 6 heteroatoms. The van der Waals surface area contributed by atoms with Crippen LogP contribution in [0.1, 0.15) is 16.7 Å². The molecule has 5 nitrogen and oxygen atoms in total. The van der Waals surface area contributed by atoms with Gasteiger partial charge in [0.2, 0.25) is 10.0 Å². The van der Waals surface area contributed by atoms with Gasteiger partial charge in [0.15, 0.2) is 0 Å². The van der Waals surface area contributed by atoms with Crippen LogP contribution >= 0.6 is 0 Å². The Hall–Kier alpha value is -2.96. The molecule has 0 saturated carbocycles. The maximum Gasteiger partial charge on any atom is 0.238 e. The molecule has 0 aliphatic carbocycles. The van der Waals surface area contributed by atoms with Crippen LogP contribution in [0.5, 0.6) is 0 Å². The van der Waals surface area contributed by atoms with Crippen LogP contribution < -0.4 is 11.0 Å². The standard InChI is InChI=1S/C19H17N3O2S/c20-22-13-16-4-8-17-11-15(3-7-18(17)12-16)2-1-14-5-9-19(10-6-14)25(21,23)24/h1-13H,20H2,(H2,21,23,24)/b2-1+,22-13-. The Labute approximate surface area is 146 Å². The van der Waals surface area contributed by atoms with Gasteiger partial charge in [-0.1, -0.05) is 48.6 Å². The average molecular weight is 351 g/mol. The van der Waals surface area contributed by atoms with Crippen LogP contribution in [0.15, 0.2) is 70.7 Å². The fraction of sp³-hybridized carbons (Fsp3) is 0. The van der Waals surface area contributed by atoms with Crippen LogP contribution in [0, 0.1) is 0 Å². The van der Waals surface area contributed by atoms with Gasteiger partial charge in [-0.2, -0.15) is 5.10 Å². The summed E-state index contributed by atoms with van der Waals surface area (Å²) in [7, 11) is -3.66. The van der Waals surface area contributed by atoms with Crippen LogP contribution in [-0.4, -0.2) is 14.6 Å². The van der Waals surface area contributed by atoms with Crippen LogP contribution in [-0.2, 0) is 10.0 Å². The van der Waals surface area contributed by atoms with Crippen molar-refractivity contribution >= 4 is 39.2 Å². The van der Waals surface area contributed by atoms with Gasteiger partial charge in [-0.3, -0.25) is 0 Å². The highest BCUT2D eigenvalue weighted by molar-refractivity contribution is 7.89. The van der Waals surface area contributed by atoms with Gasteiger partial charge in [-0.15, -0.1) is 0 Å². The van der Waals surface area contributed by atoms with Crippen molar-refractivity contribution in [1.29, 1.82) is 0 Å². The first kappa shape index (κ1) is 16.9. The van der Waals surface area contributed by atoms with Crippen molar-refractivity contribution in [3.8, 4) is 0 Å². The summed E-state index contributed by atoms with van der Waals surface area (Å²) in [6.07, 6.45) is 5.50. The third kappa shape index (κ3) is 4.12. The van der Waals surface area contributed by atoms with Crippen LogP contribution in [0.2, 0.25) is 0 Å². The number of hydrogen-bond acceptors (Lipinski definition) is 4. The third-order valence-electron chi connectivity index (χ3n) is 3.79. The van der Waals surface area contributed by atoms with Crippen LogP contribution in [0.25, 0.3) is 22.9 Å². The zero-order valence-corrected chi connectivity index (χ0v) is 14.1. The van der Waals surface area contributed by atoms with Gasteiger partial charge in [0.25, 0.3) is 0 Å². The van der Waals surface area contributed by atoms with E-state index in [0.29, 0.717) is 0 Å². The van der Waals surface area contributed by atoms with Crippen molar-refractivity contribution in [3.05, 3.63) is 77.4 Å². The van der Waals surface area contributed by atoms with Gasteiger partial charge in [0.05, 0.1) is 11.1 Å². The normalized spacial score (nSPS) is 12.4. The number of fused-ring (bicyclic) bond motifs is 1. The maximum absolute atomic E-state index is 11.3. The molecule has 0 radical (unpaired) electrons. The minimum atomic E-state index is -3.66. The number of nitrogens with zero attached hydrogens (tertiary/aromatic N) is 1. The zero-order valence-electron chi connectivity index (χ0n) is 13.3. The summed E-state index contributed by atoms with van der Waals surface area (Å²) in [5, 5.41) is 10.8. The minimum absolute atomic E-state index is 0.104. The third-order valence-corrected chi connectivity index (χ3v) is 4.72. The molecule has 0 bridgehead atoms. The van der Waals surface area contributed by atoms with E-state index in [1.54, 1.807) is 18.3 Å². The SMILES string of the molecule is N/N=C\c1ccc2cc(/C=C/c3ccc(S(N)(=O)=O)cc3)ccc2c1. The first-order valence-corrected chi connectivity index (χ1v) is 9.08. The highest BCUT2D eigenvalue weighted by Gasteiger charge is 2.05. The first-order valence-electron chi connectivity index (χ1n) is 7.54. The number of rotatable bonds is 4. The monoisotopic (exact) mass is 351 g/mol. The molecular formula is C19H17N3O2S. The second kappa shape index (κ2) is 6.88. The maximum atomic E-state index is 11.3. The number of hydrogen-bond donors (Lipinski definition) is 2. The smallest absolute Gasteiger partial charge is 0.238 e. The van der Waals surface area contributed by atoms with Gasteiger partial charge in [0, 0.05) is 0 Å². The Balaban J connectivity index is 1.84. The molecule has 0 heterocycles. The lowest BCUT2D eigenvalue weighted by Gasteiger charge is -2.02. The fourth-order valence-corrected chi connectivity index (χ4v) is 3.03. The van der Waals surface area contributed by atoms with E-state index in [0.717, 1.165) is 27.5 Å². The van der Waals surface area contributed by atoms with Crippen LogP contribution in [0.4, 0.5) is 0 Å². The van der Waals surface area contributed by atoms with Crippen molar-refractivity contribution in [3.63, 3.8) is 0 Å². The highest BCUT2D eigenvalue weighted by Crippen LogP contribution is 2.19. The van der Waals surface area contributed by atoms with E-state index in [2.05, 4.69) is 11.2 Å². The molecule has 0 unspecified atom stereocenters. The summed E-state index contributed by atoms with van der Waals surface area (Å²) in [6, 6.07) is 18.5. The Morgan fingerprint density at radius 3 is 1.88 bits per heavy atom. The molecule has 126 valence electrons. The van der Waals surface area contributed by atoms with Gasteiger partial charge in [0.1, 0.15) is 0 Å². The van der Waals surface area contributed by atoms with Gasteiger partial charge in [-0.25, -0.2) is 13.6 Å². The topological polar surface area (TPSA) is 98.5 Å². The van der Waals surface area contributed by atoms with Gasteiger partial charge in [-0.05, 0) is 51.7 Å².